The summed E-state index contributed by atoms with van der Waals surface area (Å²) in [6.45, 7) is 8.54. The summed E-state index contributed by atoms with van der Waals surface area (Å²) in [4.78, 5) is 4.47. The van der Waals surface area contributed by atoms with Crippen LogP contribution in [0.4, 0.5) is 0 Å². The van der Waals surface area contributed by atoms with E-state index >= 15 is 0 Å². The minimum absolute atomic E-state index is 0.0332. The summed E-state index contributed by atoms with van der Waals surface area (Å²) in [5, 5.41) is 10.4. The molecule has 1 aromatic rings. The SMILES string of the molecule is CCNC(=NCc1cc(C(CC)CC)no1)NCCOCCS(C)(=O)=O. The Hall–Kier alpha value is -1.61. The van der Waals surface area contributed by atoms with E-state index in [1.807, 2.05) is 13.0 Å². The fraction of sp³-hybridized carbons (Fsp3) is 0.765. The molecule has 0 aliphatic carbocycles. The van der Waals surface area contributed by atoms with Gasteiger partial charge in [0.2, 0.25) is 0 Å². The van der Waals surface area contributed by atoms with Crippen molar-refractivity contribution < 1.29 is 17.7 Å². The van der Waals surface area contributed by atoms with Crippen molar-refractivity contribution in [1.29, 1.82) is 0 Å². The van der Waals surface area contributed by atoms with Crippen molar-refractivity contribution >= 4 is 15.8 Å². The molecular formula is C17H32N4O4S. The summed E-state index contributed by atoms with van der Waals surface area (Å²) < 4.78 is 32.7. The molecule has 0 spiro atoms. The molecule has 0 saturated carbocycles. The average Bonchev–Trinajstić information content (AvgIpc) is 3.04. The lowest BCUT2D eigenvalue weighted by Gasteiger charge is -2.11. The molecule has 0 fully saturated rings. The van der Waals surface area contributed by atoms with Gasteiger partial charge in [-0.25, -0.2) is 13.4 Å². The van der Waals surface area contributed by atoms with Crippen LogP contribution in [0.5, 0.6) is 0 Å². The maximum absolute atomic E-state index is 11.0. The Bertz CT molecular complexity index is 639. The first kappa shape index (κ1) is 22.4. The van der Waals surface area contributed by atoms with Gasteiger partial charge in [0, 0.05) is 31.3 Å². The quantitative estimate of drug-likeness (QED) is 0.319. The van der Waals surface area contributed by atoms with Gasteiger partial charge in [-0.3, -0.25) is 0 Å². The summed E-state index contributed by atoms with van der Waals surface area (Å²) >= 11 is 0. The Morgan fingerprint density at radius 2 is 2.00 bits per heavy atom. The molecule has 0 radical (unpaired) electrons. The monoisotopic (exact) mass is 388 g/mol. The van der Waals surface area contributed by atoms with Crippen molar-refractivity contribution in [3.05, 3.63) is 17.5 Å². The van der Waals surface area contributed by atoms with Crippen molar-refractivity contribution in [3.8, 4) is 0 Å². The van der Waals surface area contributed by atoms with E-state index in [0.29, 0.717) is 31.6 Å². The predicted octanol–water partition coefficient (Wildman–Crippen LogP) is 1.69. The van der Waals surface area contributed by atoms with Gasteiger partial charge < -0.3 is 19.9 Å². The van der Waals surface area contributed by atoms with Crippen LogP contribution in [0.2, 0.25) is 0 Å². The Morgan fingerprint density at radius 3 is 2.62 bits per heavy atom. The molecule has 150 valence electrons. The lowest BCUT2D eigenvalue weighted by Crippen LogP contribution is -2.39. The van der Waals surface area contributed by atoms with Crippen molar-refractivity contribution in [2.75, 3.05) is 38.3 Å². The van der Waals surface area contributed by atoms with E-state index < -0.39 is 9.84 Å². The summed E-state index contributed by atoms with van der Waals surface area (Å²) in [6, 6.07) is 1.97. The molecule has 0 aliphatic rings. The molecule has 0 unspecified atom stereocenters. The molecule has 2 N–H and O–H groups in total. The van der Waals surface area contributed by atoms with Crippen molar-refractivity contribution in [2.24, 2.45) is 4.99 Å². The third kappa shape index (κ3) is 9.19. The van der Waals surface area contributed by atoms with Crippen LogP contribution in [-0.2, 0) is 21.1 Å². The molecule has 1 heterocycles. The summed E-state index contributed by atoms with van der Waals surface area (Å²) in [5.74, 6) is 1.84. The van der Waals surface area contributed by atoms with E-state index in [9.17, 15) is 8.42 Å². The number of hydrogen-bond acceptors (Lipinski definition) is 6. The second-order valence-electron chi connectivity index (χ2n) is 6.10. The summed E-state index contributed by atoms with van der Waals surface area (Å²) in [5.41, 5.74) is 0.984. The van der Waals surface area contributed by atoms with E-state index in [4.69, 9.17) is 9.26 Å². The number of sulfone groups is 1. The zero-order valence-corrected chi connectivity index (χ0v) is 17.1. The lowest BCUT2D eigenvalue weighted by atomic mass is 9.99. The summed E-state index contributed by atoms with van der Waals surface area (Å²) in [6.07, 6.45) is 3.27. The first-order valence-corrected chi connectivity index (χ1v) is 11.2. The van der Waals surface area contributed by atoms with Crippen LogP contribution in [0.25, 0.3) is 0 Å². The van der Waals surface area contributed by atoms with Gasteiger partial charge in [0.15, 0.2) is 11.7 Å². The first-order chi connectivity index (χ1) is 12.4. The molecule has 0 aromatic carbocycles. The fourth-order valence-corrected chi connectivity index (χ4v) is 2.78. The highest BCUT2D eigenvalue weighted by atomic mass is 32.2. The number of guanidine groups is 1. The van der Waals surface area contributed by atoms with Gasteiger partial charge in [-0.2, -0.15) is 0 Å². The Balaban J connectivity index is 2.43. The number of aromatic nitrogens is 1. The standard InChI is InChI=1S/C17H32N4O4S/c1-5-14(6-2)16-12-15(25-21-16)13-20-17(18-7-3)19-8-9-24-10-11-26(4,22)23/h12,14H,5-11,13H2,1-4H3,(H2,18,19,20). The van der Waals surface area contributed by atoms with Crippen molar-refractivity contribution in [2.45, 2.75) is 46.1 Å². The van der Waals surface area contributed by atoms with Crippen LogP contribution in [0.1, 0.15) is 51.0 Å². The molecule has 0 saturated heterocycles. The van der Waals surface area contributed by atoms with Crippen LogP contribution in [0, 0.1) is 0 Å². The van der Waals surface area contributed by atoms with Gasteiger partial charge in [0.05, 0.1) is 24.7 Å². The average molecular weight is 389 g/mol. The Kier molecular flexibility index (Phi) is 10.3. The predicted molar refractivity (Wildman–Crippen MR) is 103 cm³/mol. The van der Waals surface area contributed by atoms with Crippen LogP contribution >= 0.6 is 0 Å². The van der Waals surface area contributed by atoms with Crippen LogP contribution in [-0.4, -0.2) is 57.8 Å². The molecular weight excluding hydrogens is 356 g/mol. The van der Waals surface area contributed by atoms with E-state index in [1.54, 1.807) is 0 Å². The molecule has 8 nitrogen and oxygen atoms in total. The van der Waals surface area contributed by atoms with Crippen LogP contribution < -0.4 is 10.6 Å². The van der Waals surface area contributed by atoms with Crippen molar-refractivity contribution in [1.82, 2.24) is 15.8 Å². The molecule has 9 heteroatoms. The van der Waals surface area contributed by atoms with Gasteiger partial charge in [0.1, 0.15) is 16.4 Å². The van der Waals surface area contributed by atoms with Gasteiger partial charge in [0.25, 0.3) is 0 Å². The Morgan fingerprint density at radius 1 is 1.27 bits per heavy atom. The maximum Gasteiger partial charge on any atom is 0.191 e. The third-order valence-electron chi connectivity index (χ3n) is 3.86. The minimum atomic E-state index is -2.98. The zero-order chi connectivity index (χ0) is 19.4. The first-order valence-electron chi connectivity index (χ1n) is 9.12. The van der Waals surface area contributed by atoms with E-state index in [1.165, 1.54) is 6.26 Å². The topological polar surface area (TPSA) is 106 Å². The number of rotatable bonds is 12. The normalized spacial score (nSPS) is 12.6. The van der Waals surface area contributed by atoms with Gasteiger partial charge in [-0.05, 0) is 19.8 Å². The molecule has 1 rings (SSSR count). The second kappa shape index (κ2) is 11.9. The molecule has 0 aliphatic heterocycles. The largest absolute Gasteiger partial charge is 0.379 e. The number of nitrogens with zero attached hydrogens (tertiary/aromatic N) is 2. The molecule has 0 amide bonds. The summed E-state index contributed by atoms with van der Waals surface area (Å²) in [7, 11) is -2.98. The number of ether oxygens (including phenoxy) is 1. The van der Waals surface area contributed by atoms with Gasteiger partial charge in [-0.15, -0.1) is 0 Å². The van der Waals surface area contributed by atoms with Gasteiger partial charge >= 0.3 is 0 Å². The molecule has 26 heavy (non-hydrogen) atoms. The van der Waals surface area contributed by atoms with E-state index in [2.05, 4.69) is 34.6 Å². The molecule has 1 aromatic heterocycles. The maximum atomic E-state index is 11.0. The number of hydrogen-bond donors (Lipinski definition) is 2. The number of aliphatic imine (C=N–C) groups is 1. The van der Waals surface area contributed by atoms with Crippen LogP contribution in [0.15, 0.2) is 15.6 Å². The lowest BCUT2D eigenvalue weighted by molar-refractivity contribution is 0.154. The fourth-order valence-electron chi connectivity index (χ4n) is 2.36. The highest BCUT2D eigenvalue weighted by Gasteiger charge is 2.12. The van der Waals surface area contributed by atoms with Crippen LogP contribution in [0.3, 0.4) is 0 Å². The van der Waals surface area contributed by atoms with E-state index in [0.717, 1.165) is 30.8 Å². The zero-order valence-electron chi connectivity index (χ0n) is 16.2. The van der Waals surface area contributed by atoms with E-state index in [-0.39, 0.29) is 12.4 Å². The highest BCUT2D eigenvalue weighted by molar-refractivity contribution is 7.90. The minimum Gasteiger partial charge on any atom is -0.379 e. The molecule has 0 bridgehead atoms. The Labute approximate surface area is 156 Å². The van der Waals surface area contributed by atoms with Crippen molar-refractivity contribution in [3.63, 3.8) is 0 Å². The third-order valence-corrected chi connectivity index (χ3v) is 4.76. The smallest absolute Gasteiger partial charge is 0.191 e. The second-order valence-corrected chi connectivity index (χ2v) is 8.36. The number of nitrogens with one attached hydrogen (secondary N) is 2. The highest BCUT2D eigenvalue weighted by Crippen LogP contribution is 2.22. The molecule has 0 atom stereocenters. The van der Waals surface area contributed by atoms with Gasteiger partial charge in [-0.1, -0.05) is 19.0 Å².